The minimum Gasteiger partial charge on any atom is -0.497 e. The Morgan fingerprint density at radius 3 is 1.56 bits per heavy atom. The summed E-state index contributed by atoms with van der Waals surface area (Å²) in [5.41, 5.74) is 10.7. The first-order valence-corrected chi connectivity index (χ1v) is 19.7. The summed E-state index contributed by atoms with van der Waals surface area (Å²) < 4.78 is 20.5. The van der Waals surface area contributed by atoms with E-state index in [4.69, 9.17) is 39.8 Å². The molecular weight excluding hydrogens is 755 g/mol. The molecule has 320 valence electrons. The number of carbonyl (C=O) groups excluding carboxylic acids is 1. The molecule has 16 nitrogen and oxygen atoms in total. The van der Waals surface area contributed by atoms with Crippen LogP contribution in [-0.4, -0.2) is 121 Å². The SMILES string of the molecule is COCC(C)(C)CC(=O)CN(C)c1nc(-c2cc(OC)ccn2)nc2c1CCC2.COCC(C)(C)N.COc1ccnc(-c2nc3c(c(N(C)CC(=O)O)n2)CCC3)c1. The number of carbonyl (C=O) groups is 2. The summed E-state index contributed by atoms with van der Waals surface area (Å²) in [5.74, 6) is 3.24. The van der Waals surface area contributed by atoms with Gasteiger partial charge in [0.25, 0.3) is 0 Å². The van der Waals surface area contributed by atoms with E-state index in [2.05, 4.69) is 19.9 Å². The summed E-state index contributed by atoms with van der Waals surface area (Å²) >= 11 is 0. The Morgan fingerprint density at radius 2 is 1.17 bits per heavy atom. The molecule has 0 atom stereocenters. The molecule has 3 N–H and O–H groups in total. The average molecular weight is 816 g/mol. The van der Waals surface area contributed by atoms with Gasteiger partial charge in [0.15, 0.2) is 17.4 Å². The normalized spacial score (nSPS) is 12.9. The smallest absolute Gasteiger partial charge is 0.323 e. The van der Waals surface area contributed by atoms with Crippen LogP contribution >= 0.6 is 0 Å². The molecule has 0 aromatic carbocycles. The van der Waals surface area contributed by atoms with E-state index in [1.807, 2.05) is 45.7 Å². The zero-order chi connectivity index (χ0) is 43.3. The van der Waals surface area contributed by atoms with E-state index in [1.54, 1.807) is 71.0 Å². The van der Waals surface area contributed by atoms with Crippen LogP contribution in [0.3, 0.4) is 0 Å². The summed E-state index contributed by atoms with van der Waals surface area (Å²) in [6.45, 7) is 9.32. The minimum absolute atomic E-state index is 0.103. The molecule has 16 heteroatoms. The van der Waals surface area contributed by atoms with E-state index in [-0.39, 0.29) is 23.3 Å². The number of ketones is 1. The Balaban J connectivity index is 0.000000229. The number of carboxylic acid groups (broad SMARTS) is 1. The van der Waals surface area contributed by atoms with Gasteiger partial charge < -0.3 is 39.6 Å². The molecular formula is C43H61N9O7. The maximum atomic E-state index is 12.7. The van der Waals surface area contributed by atoms with Crippen molar-refractivity contribution in [3.63, 3.8) is 0 Å². The Morgan fingerprint density at radius 1 is 0.712 bits per heavy atom. The first-order valence-electron chi connectivity index (χ1n) is 19.7. The Kier molecular flexibility index (Phi) is 16.6. The van der Waals surface area contributed by atoms with E-state index in [0.717, 1.165) is 66.9 Å². The number of likely N-dealkylation sites (N-methyl/N-ethyl adjacent to an activating group) is 2. The molecule has 2 aliphatic rings. The van der Waals surface area contributed by atoms with Gasteiger partial charge in [-0.05, 0) is 69.9 Å². The number of hydrogen-bond donors (Lipinski definition) is 2. The third kappa shape index (κ3) is 13.6. The molecule has 0 fully saturated rings. The molecule has 0 bridgehead atoms. The van der Waals surface area contributed by atoms with Crippen LogP contribution < -0.4 is 25.0 Å². The van der Waals surface area contributed by atoms with E-state index in [0.29, 0.717) is 66.5 Å². The van der Waals surface area contributed by atoms with Crippen molar-refractivity contribution in [1.29, 1.82) is 0 Å². The zero-order valence-corrected chi connectivity index (χ0v) is 36.3. The number of pyridine rings is 2. The number of ether oxygens (including phenoxy) is 4. The molecule has 4 heterocycles. The van der Waals surface area contributed by atoms with Crippen LogP contribution in [0.4, 0.5) is 11.6 Å². The predicted molar refractivity (Wildman–Crippen MR) is 227 cm³/mol. The molecule has 2 aliphatic carbocycles. The Bertz CT molecular complexity index is 2040. The van der Waals surface area contributed by atoms with Gasteiger partial charge in [-0.2, -0.15) is 0 Å². The number of Topliss-reactive ketones (excluding diaryl/α,β-unsaturated/α-hetero) is 1. The zero-order valence-electron chi connectivity index (χ0n) is 36.3. The number of anilines is 2. The lowest BCUT2D eigenvalue weighted by molar-refractivity contribution is -0.135. The Labute approximate surface area is 347 Å². The van der Waals surface area contributed by atoms with Gasteiger partial charge in [0.1, 0.15) is 41.1 Å². The third-order valence-corrected chi connectivity index (χ3v) is 9.45. The van der Waals surface area contributed by atoms with Crippen LogP contribution in [0, 0.1) is 5.41 Å². The van der Waals surface area contributed by atoms with Gasteiger partial charge in [-0.3, -0.25) is 19.6 Å². The van der Waals surface area contributed by atoms with Crippen LogP contribution in [0.2, 0.25) is 0 Å². The molecule has 0 spiro atoms. The molecule has 0 aliphatic heterocycles. The number of aliphatic carboxylic acids is 1. The highest BCUT2D eigenvalue weighted by atomic mass is 16.5. The standard InChI is InChI=1S/C22H30N4O3.C16H18N4O3.C5H13NO/c1-22(2,14-28-4)12-15(27)13-26(3)21-17-7-6-8-18(17)24-20(25-21)19-11-16(29-5)9-10-23-19;1-20(9-14(21)22)16-11-4-3-5-12(11)18-15(19-16)13-8-10(23-2)6-7-17-13;1-5(2,6)4-7-3/h9-11H,6-8,12-14H2,1-5H3;6-8H,3-5,9H2,1-2H3,(H,21,22);4,6H2,1-3H3. The number of methoxy groups -OCH3 is 4. The molecule has 0 radical (unpaired) electrons. The highest BCUT2D eigenvalue weighted by Gasteiger charge is 2.27. The van der Waals surface area contributed by atoms with Crippen molar-refractivity contribution >= 4 is 23.4 Å². The van der Waals surface area contributed by atoms with Gasteiger partial charge in [0.05, 0.1) is 34.0 Å². The summed E-state index contributed by atoms with van der Waals surface area (Å²) in [5, 5.41) is 9.03. The van der Waals surface area contributed by atoms with Crippen molar-refractivity contribution in [2.75, 3.05) is 78.6 Å². The number of hydrogen-bond acceptors (Lipinski definition) is 15. The molecule has 0 saturated carbocycles. The van der Waals surface area contributed by atoms with E-state index >= 15 is 0 Å². The fourth-order valence-corrected chi connectivity index (χ4v) is 7.03. The van der Waals surface area contributed by atoms with Crippen LogP contribution in [0.5, 0.6) is 11.5 Å². The van der Waals surface area contributed by atoms with Crippen molar-refractivity contribution in [2.24, 2.45) is 11.1 Å². The maximum absolute atomic E-state index is 12.7. The van der Waals surface area contributed by atoms with E-state index in [1.165, 1.54) is 0 Å². The van der Waals surface area contributed by atoms with Crippen molar-refractivity contribution < 1.29 is 33.6 Å². The number of carboxylic acids is 1. The first-order chi connectivity index (χ1) is 28.0. The number of nitrogens with zero attached hydrogens (tertiary/aromatic N) is 8. The molecule has 4 aromatic rings. The van der Waals surface area contributed by atoms with Crippen LogP contribution in [0.1, 0.15) is 69.5 Å². The average Bonchev–Trinajstić information content (AvgIpc) is 3.87. The highest BCUT2D eigenvalue weighted by molar-refractivity contribution is 5.84. The largest absolute Gasteiger partial charge is 0.497 e. The second kappa shape index (κ2) is 21.1. The second-order valence-corrected chi connectivity index (χ2v) is 16.3. The van der Waals surface area contributed by atoms with E-state index in [9.17, 15) is 9.59 Å². The summed E-state index contributed by atoms with van der Waals surface area (Å²) in [6, 6.07) is 7.16. The highest BCUT2D eigenvalue weighted by Crippen LogP contribution is 2.33. The quantitative estimate of drug-likeness (QED) is 0.152. The van der Waals surface area contributed by atoms with Gasteiger partial charge in [-0.25, -0.2) is 19.9 Å². The van der Waals surface area contributed by atoms with Gasteiger partial charge in [-0.1, -0.05) is 13.8 Å². The molecule has 0 amide bonds. The molecule has 59 heavy (non-hydrogen) atoms. The molecule has 0 saturated heterocycles. The second-order valence-electron chi connectivity index (χ2n) is 16.3. The van der Waals surface area contributed by atoms with Crippen molar-refractivity contribution in [3.05, 3.63) is 59.2 Å². The lowest BCUT2D eigenvalue weighted by Gasteiger charge is -2.25. The van der Waals surface area contributed by atoms with Crippen LogP contribution in [-0.2, 0) is 44.7 Å². The third-order valence-electron chi connectivity index (χ3n) is 9.45. The topological polar surface area (TPSA) is 201 Å². The van der Waals surface area contributed by atoms with Gasteiger partial charge >= 0.3 is 5.97 Å². The van der Waals surface area contributed by atoms with Crippen molar-refractivity contribution in [2.45, 2.75) is 78.2 Å². The van der Waals surface area contributed by atoms with E-state index < -0.39 is 5.97 Å². The molecule has 0 unspecified atom stereocenters. The summed E-state index contributed by atoms with van der Waals surface area (Å²) in [7, 11) is 10.2. The lowest BCUT2D eigenvalue weighted by Crippen LogP contribution is -2.36. The number of nitrogens with two attached hydrogens (primary N) is 1. The number of aromatic nitrogens is 6. The fraction of sp³-hybridized carbons (Fsp3) is 0.535. The number of fused-ring (bicyclic) bond motifs is 2. The summed E-state index contributed by atoms with van der Waals surface area (Å²) in [6.07, 6.45) is 9.46. The molecule has 6 rings (SSSR count). The number of aryl methyl sites for hydroxylation is 2. The van der Waals surface area contributed by atoms with Crippen LogP contribution in [0.25, 0.3) is 23.0 Å². The van der Waals surface area contributed by atoms with Crippen molar-refractivity contribution in [1.82, 2.24) is 29.9 Å². The summed E-state index contributed by atoms with van der Waals surface area (Å²) in [4.78, 5) is 54.7. The maximum Gasteiger partial charge on any atom is 0.323 e. The first kappa shape index (κ1) is 46.4. The predicted octanol–water partition coefficient (Wildman–Crippen LogP) is 5.03. The van der Waals surface area contributed by atoms with Crippen molar-refractivity contribution in [3.8, 4) is 34.5 Å². The van der Waals surface area contributed by atoms with Gasteiger partial charge in [0, 0.05) is 87.3 Å². The minimum atomic E-state index is -0.890. The monoisotopic (exact) mass is 815 g/mol. The van der Waals surface area contributed by atoms with Crippen LogP contribution in [0.15, 0.2) is 36.7 Å². The number of rotatable bonds is 16. The Hall–Kier alpha value is -5.32. The lowest BCUT2D eigenvalue weighted by atomic mass is 9.88. The van der Waals surface area contributed by atoms with Gasteiger partial charge in [0.2, 0.25) is 0 Å². The molecule has 4 aromatic heterocycles. The van der Waals surface area contributed by atoms with Gasteiger partial charge in [-0.15, -0.1) is 0 Å². The fourth-order valence-electron chi connectivity index (χ4n) is 7.03.